The minimum absolute atomic E-state index is 0.125. The van der Waals surface area contributed by atoms with Crippen LogP contribution >= 0.6 is 11.6 Å². The Bertz CT molecular complexity index is 1460. The smallest absolute Gasteiger partial charge is 0.251 e. The highest BCUT2D eigenvalue weighted by Gasteiger charge is 2.10. The van der Waals surface area contributed by atoms with Crippen LogP contribution < -0.4 is 30.7 Å². The number of amides is 1. The summed E-state index contributed by atoms with van der Waals surface area (Å²) in [7, 11) is 3.16. The van der Waals surface area contributed by atoms with Gasteiger partial charge in [0.25, 0.3) is 5.91 Å². The summed E-state index contributed by atoms with van der Waals surface area (Å²) < 4.78 is 21.9. The Kier molecular flexibility index (Phi) is 12.8. The van der Waals surface area contributed by atoms with E-state index in [-0.39, 0.29) is 5.91 Å². The average Bonchev–Trinajstić information content (AvgIpc) is 3.05. The predicted molar refractivity (Wildman–Crippen MR) is 170 cm³/mol. The van der Waals surface area contributed by atoms with E-state index in [0.29, 0.717) is 91.7 Å². The van der Waals surface area contributed by atoms with Gasteiger partial charge in [-0.05, 0) is 42.0 Å². The molecule has 0 saturated heterocycles. The maximum Gasteiger partial charge on any atom is 0.251 e. The Morgan fingerprint density at radius 1 is 0.727 bits per heavy atom. The molecule has 3 aromatic carbocycles. The zero-order valence-electron chi connectivity index (χ0n) is 24.6. The lowest BCUT2D eigenvalue weighted by molar-refractivity contribution is 0.0519. The molecule has 0 saturated carbocycles. The van der Waals surface area contributed by atoms with Gasteiger partial charge in [0.15, 0.2) is 11.5 Å². The number of hydrogen-bond acceptors (Lipinski definition) is 11. The van der Waals surface area contributed by atoms with E-state index in [1.807, 2.05) is 48.5 Å². The molecule has 4 N–H and O–H groups in total. The summed E-state index contributed by atoms with van der Waals surface area (Å²) in [4.78, 5) is 25.6. The molecule has 0 fully saturated rings. The van der Waals surface area contributed by atoms with Crippen molar-refractivity contribution in [3.63, 3.8) is 0 Å². The first-order valence-corrected chi connectivity index (χ1v) is 14.4. The Morgan fingerprint density at radius 3 is 2.09 bits per heavy atom. The molecule has 4 aromatic rings. The molecular weight excluding hydrogens is 586 g/mol. The van der Waals surface area contributed by atoms with Crippen molar-refractivity contribution < 1.29 is 23.7 Å². The van der Waals surface area contributed by atoms with Gasteiger partial charge in [-0.25, -0.2) is 0 Å². The van der Waals surface area contributed by atoms with Crippen molar-refractivity contribution in [2.45, 2.75) is 6.54 Å². The summed E-state index contributed by atoms with van der Waals surface area (Å²) in [5, 5.41) is 13.1. The average molecular weight is 622 g/mol. The lowest BCUT2D eigenvalue weighted by Crippen LogP contribution is -2.27. The fraction of sp³-hybridized carbons (Fsp3) is 0.290. The maximum atomic E-state index is 12.0. The molecule has 44 heavy (non-hydrogen) atoms. The number of aromatic nitrogens is 3. The normalized spacial score (nSPS) is 10.6. The van der Waals surface area contributed by atoms with E-state index < -0.39 is 0 Å². The Hall–Kier alpha value is -4.65. The summed E-state index contributed by atoms with van der Waals surface area (Å²) in [5.41, 5.74) is 2.36. The molecular formula is C31H36ClN7O5. The van der Waals surface area contributed by atoms with Crippen LogP contribution in [0.3, 0.4) is 0 Å². The number of carbonyl (C=O) groups is 1. The van der Waals surface area contributed by atoms with Crippen LogP contribution in [0.1, 0.15) is 15.9 Å². The van der Waals surface area contributed by atoms with Gasteiger partial charge in [0.2, 0.25) is 17.8 Å². The molecule has 0 atom stereocenters. The van der Waals surface area contributed by atoms with E-state index >= 15 is 0 Å². The molecule has 0 aliphatic heterocycles. The quantitative estimate of drug-likeness (QED) is 0.114. The number of rotatable bonds is 18. The minimum Gasteiger partial charge on any atom is -0.493 e. The van der Waals surface area contributed by atoms with E-state index in [4.69, 9.17) is 30.5 Å². The number of hydrogen-bond donors (Lipinski definition) is 4. The molecule has 0 bridgehead atoms. The van der Waals surface area contributed by atoms with E-state index in [1.54, 1.807) is 38.5 Å². The van der Waals surface area contributed by atoms with Gasteiger partial charge >= 0.3 is 0 Å². The highest BCUT2D eigenvalue weighted by Crippen LogP contribution is 2.30. The zero-order chi connectivity index (χ0) is 31.0. The van der Waals surface area contributed by atoms with E-state index in [0.717, 1.165) is 5.56 Å². The Morgan fingerprint density at radius 2 is 1.39 bits per heavy atom. The first-order valence-electron chi connectivity index (χ1n) is 14.0. The van der Waals surface area contributed by atoms with E-state index in [1.165, 1.54) is 0 Å². The highest BCUT2D eigenvalue weighted by molar-refractivity contribution is 6.30. The molecule has 232 valence electrons. The number of nitrogens with zero attached hydrogens (tertiary/aromatic N) is 3. The number of benzene rings is 3. The van der Waals surface area contributed by atoms with Gasteiger partial charge in [-0.2, -0.15) is 15.0 Å². The number of nitrogens with one attached hydrogen (secondary N) is 4. The summed E-state index contributed by atoms with van der Waals surface area (Å²) in [5.74, 6) is 2.15. The van der Waals surface area contributed by atoms with Crippen molar-refractivity contribution in [1.29, 1.82) is 0 Å². The summed E-state index contributed by atoms with van der Waals surface area (Å²) >= 11 is 6.01. The lowest BCUT2D eigenvalue weighted by atomic mass is 10.2. The molecule has 0 radical (unpaired) electrons. The van der Waals surface area contributed by atoms with Crippen LogP contribution in [0.15, 0.2) is 72.8 Å². The largest absolute Gasteiger partial charge is 0.493 e. The number of anilines is 4. The molecule has 0 unspecified atom stereocenters. The predicted octanol–water partition coefficient (Wildman–Crippen LogP) is 4.77. The van der Waals surface area contributed by atoms with Crippen molar-refractivity contribution in [2.75, 3.05) is 69.7 Å². The maximum absolute atomic E-state index is 12.0. The second-order valence-corrected chi connectivity index (χ2v) is 9.69. The van der Waals surface area contributed by atoms with Crippen LogP contribution in [-0.4, -0.2) is 74.6 Å². The Balaban J connectivity index is 1.24. The Labute approximate surface area is 261 Å². The topological polar surface area (TPSA) is 141 Å². The molecule has 0 aliphatic carbocycles. The molecule has 13 heteroatoms. The molecule has 1 aromatic heterocycles. The molecule has 4 rings (SSSR count). The summed E-state index contributed by atoms with van der Waals surface area (Å²) in [6.07, 6.45) is 0. The molecule has 0 spiro atoms. The van der Waals surface area contributed by atoms with Gasteiger partial charge in [0, 0.05) is 42.0 Å². The van der Waals surface area contributed by atoms with Crippen molar-refractivity contribution in [3.05, 3.63) is 88.9 Å². The van der Waals surface area contributed by atoms with Crippen LogP contribution in [-0.2, 0) is 16.0 Å². The van der Waals surface area contributed by atoms with Crippen LogP contribution in [0, 0.1) is 0 Å². The first kappa shape index (κ1) is 32.3. The lowest BCUT2D eigenvalue weighted by Gasteiger charge is -2.13. The van der Waals surface area contributed by atoms with Crippen LogP contribution in [0.4, 0.5) is 23.5 Å². The second kappa shape index (κ2) is 17.5. The number of ether oxygens (including phenoxy) is 4. The fourth-order valence-electron chi connectivity index (χ4n) is 3.90. The van der Waals surface area contributed by atoms with Gasteiger partial charge in [-0.1, -0.05) is 41.9 Å². The van der Waals surface area contributed by atoms with E-state index in [9.17, 15) is 4.79 Å². The number of halogens is 1. The monoisotopic (exact) mass is 621 g/mol. The zero-order valence-corrected chi connectivity index (χ0v) is 25.4. The minimum atomic E-state index is -0.125. The standard InChI is InChI=1S/C31H36ClN7O5/c1-41-26-13-12-25(20-27(26)42-2)36-31-38-29(37-30(39-31)35-21-22-8-10-24(32)11-9-22)34-15-17-44-19-18-43-16-14-33-28(40)23-6-4-3-5-7-23/h3-13,20H,14-19,21H2,1-2H3,(H,33,40)(H3,34,35,36,37,38,39). The third kappa shape index (κ3) is 10.6. The van der Waals surface area contributed by atoms with Crippen LogP contribution in [0.25, 0.3) is 0 Å². The SMILES string of the molecule is COc1ccc(Nc2nc(NCCOCCOCCNC(=O)c3ccccc3)nc(NCc3ccc(Cl)cc3)n2)cc1OC. The van der Waals surface area contributed by atoms with Gasteiger partial charge in [0.1, 0.15) is 0 Å². The third-order valence-electron chi connectivity index (χ3n) is 6.11. The summed E-state index contributed by atoms with van der Waals surface area (Å²) in [6, 6.07) is 22.0. The first-order chi connectivity index (χ1) is 21.5. The van der Waals surface area contributed by atoms with Gasteiger partial charge in [0.05, 0.1) is 40.6 Å². The molecule has 1 heterocycles. The highest BCUT2D eigenvalue weighted by atomic mass is 35.5. The number of carbonyl (C=O) groups excluding carboxylic acids is 1. The van der Waals surface area contributed by atoms with Gasteiger partial charge in [-0.3, -0.25) is 4.79 Å². The van der Waals surface area contributed by atoms with Crippen LogP contribution in [0.5, 0.6) is 11.5 Å². The van der Waals surface area contributed by atoms with Gasteiger partial charge < -0.3 is 40.2 Å². The van der Waals surface area contributed by atoms with Crippen molar-refractivity contribution in [1.82, 2.24) is 20.3 Å². The van der Waals surface area contributed by atoms with Crippen molar-refractivity contribution in [2.24, 2.45) is 0 Å². The van der Waals surface area contributed by atoms with Crippen molar-refractivity contribution in [3.8, 4) is 11.5 Å². The van der Waals surface area contributed by atoms with Crippen LogP contribution in [0.2, 0.25) is 5.02 Å². The van der Waals surface area contributed by atoms with Gasteiger partial charge in [-0.15, -0.1) is 0 Å². The fourth-order valence-corrected chi connectivity index (χ4v) is 4.03. The summed E-state index contributed by atoms with van der Waals surface area (Å²) in [6.45, 7) is 3.00. The third-order valence-corrected chi connectivity index (χ3v) is 6.36. The second-order valence-electron chi connectivity index (χ2n) is 9.25. The number of methoxy groups -OCH3 is 2. The molecule has 12 nitrogen and oxygen atoms in total. The van der Waals surface area contributed by atoms with Crippen molar-refractivity contribution >= 4 is 41.0 Å². The molecule has 0 aliphatic rings. The molecule has 1 amide bonds. The van der Waals surface area contributed by atoms with E-state index in [2.05, 4.69) is 36.2 Å².